The monoisotopic (exact) mass is 282 g/mol. The maximum absolute atomic E-state index is 10.5. The Labute approximate surface area is 115 Å². The lowest BCUT2D eigenvalue weighted by Crippen LogP contribution is -2.11. The average Bonchev–Trinajstić information content (AvgIpc) is 2.68. The van der Waals surface area contributed by atoms with Crippen molar-refractivity contribution in [1.82, 2.24) is 9.55 Å². The van der Waals surface area contributed by atoms with Crippen molar-refractivity contribution in [1.29, 1.82) is 0 Å². The lowest BCUT2D eigenvalue weighted by atomic mass is 10.3. The van der Waals surface area contributed by atoms with Crippen LogP contribution >= 0.6 is 11.6 Å². The molecule has 0 saturated heterocycles. The predicted molar refractivity (Wildman–Crippen MR) is 72.4 cm³/mol. The minimum atomic E-state index is -0.995. The molecule has 0 aliphatic rings. The second-order valence-electron chi connectivity index (χ2n) is 4.49. The molecule has 1 aromatic heterocycles. The summed E-state index contributed by atoms with van der Waals surface area (Å²) >= 11 is 6.21. The van der Waals surface area contributed by atoms with Gasteiger partial charge in [0.25, 0.3) is 0 Å². The van der Waals surface area contributed by atoms with E-state index in [-0.39, 0.29) is 19.3 Å². The van der Waals surface area contributed by atoms with Crippen LogP contribution in [-0.4, -0.2) is 27.2 Å². The van der Waals surface area contributed by atoms with Crippen LogP contribution in [0, 0.1) is 0 Å². The van der Waals surface area contributed by atoms with Crippen molar-refractivity contribution in [3.05, 3.63) is 29.0 Å². The van der Waals surface area contributed by atoms with E-state index in [9.17, 15) is 4.79 Å². The Morgan fingerprint density at radius 2 is 2.26 bits per heavy atom. The molecule has 0 amide bonds. The number of carbonyl (C=O) groups is 1. The number of para-hydroxylation sites is 1. The van der Waals surface area contributed by atoms with Gasteiger partial charge in [0.05, 0.1) is 16.1 Å². The number of ether oxygens (including phenoxy) is 1. The largest absolute Gasteiger partial charge is 0.480 e. The normalized spacial score (nSPS) is 11.4. The van der Waals surface area contributed by atoms with Crippen LogP contribution in [0.25, 0.3) is 11.0 Å². The molecule has 0 fully saturated rings. The molecule has 19 heavy (non-hydrogen) atoms. The number of carboxylic acid groups (broad SMARTS) is 1. The zero-order chi connectivity index (χ0) is 14.0. The number of nitrogens with zero attached hydrogens (tertiary/aromatic N) is 2. The van der Waals surface area contributed by atoms with Gasteiger partial charge in [-0.2, -0.15) is 0 Å². The Bertz CT molecular complexity index is 607. The third-order valence-electron chi connectivity index (χ3n) is 2.71. The fourth-order valence-electron chi connectivity index (χ4n) is 2.04. The summed E-state index contributed by atoms with van der Waals surface area (Å²) in [7, 11) is 0. The van der Waals surface area contributed by atoms with E-state index in [4.69, 9.17) is 21.4 Å². The molecule has 0 saturated carbocycles. The molecule has 0 spiro atoms. The Morgan fingerprint density at radius 1 is 1.53 bits per heavy atom. The van der Waals surface area contributed by atoms with Gasteiger partial charge >= 0.3 is 5.97 Å². The number of aromatic nitrogens is 2. The first-order valence-electron chi connectivity index (χ1n) is 5.95. The van der Waals surface area contributed by atoms with Crippen molar-refractivity contribution in [3.63, 3.8) is 0 Å². The van der Waals surface area contributed by atoms with Crippen molar-refractivity contribution < 1.29 is 14.6 Å². The summed E-state index contributed by atoms with van der Waals surface area (Å²) in [4.78, 5) is 14.9. The van der Waals surface area contributed by atoms with Crippen LogP contribution in [0.2, 0.25) is 5.02 Å². The van der Waals surface area contributed by atoms with E-state index in [1.165, 1.54) is 0 Å². The molecule has 1 aromatic carbocycles. The number of aliphatic carboxylic acids is 1. The van der Waals surface area contributed by atoms with Crippen molar-refractivity contribution in [2.75, 3.05) is 6.61 Å². The molecule has 1 heterocycles. The third kappa shape index (κ3) is 2.88. The summed E-state index contributed by atoms with van der Waals surface area (Å²) in [6.07, 6.45) is 0. The van der Waals surface area contributed by atoms with E-state index >= 15 is 0 Å². The lowest BCUT2D eigenvalue weighted by Gasteiger charge is -2.13. The highest BCUT2D eigenvalue weighted by molar-refractivity contribution is 6.35. The van der Waals surface area contributed by atoms with Crippen LogP contribution in [0.3, 0.4) is 0 Å². The van der Waals surface area contributed by atoms with Gasteiger partial charge in [-0.3, -0.25) is 0 Å². The molecule has 0 radical (unpaired) electrons. The maximum Gasteiger partial charge on any atom is 0.329 e. The Kier molecular flexibility index (Phi) is 4.07. The average molecular weight is 283 g/mol. The molecule has 0 unspecified atom stereocenters. The van der Waals surface area contributed by atoms with Gasteiger partial charge in [-0.25, -0.2) is 9.78 Å². The fraction of sp³-hybridized carbons (Fsp3) is 0.385. The second-order valence-corrected chi connectivity index (χ2v) is 4.89. The number of carboxylic acids is 1. The van der Waals surface area contributed by atoms with Crippen LogP contribution < -0.4 is 0 Å². The number of fused-ring (bicyclic) bond motifs is 1. The van der Waals surface area contributed by atoms with Crippen LogP contribution in [0.15, 0.2) is 18.2 Å². The Morgan fingerprint density at radius 3 is 2.89 bits per heavy atom. The van der Waals surface area contributed by atoms with Crippen LogP contribution in [-0.2, 0) is 16.1 Å². The van der Waals surface area contributed by atoms with Gasteiger partial charge in [0, 0.05) is 6.04 Å². The van der Waals surface area contributed by atoms with E-state index in [1.54, 1.807) is 0 Å². The van der Waals surface area contributed by atoms with Crippen LogP contribution in [0.5, 0.6) is 0 Å². The molecule has 5 nitrogen and oxygen atoms in total. The molecule has 0 aliphatic heterocycles. The van der Waals surface area contributed by atoms with Crippen molar-refractivity contribution >= 4 is 28.6 Å². The Balaban J connectivity index is 2.40. The maximum atomic E-state index is 10.5. The van der Waals surface area contributed by atoms with Gasteiger partial charge in [-0.15, -0.1) is 0 Å². The molecule has 102 valence electrons. The summed E-state index contributed by atoms with van der Waals surface area (Å²) in [5, 5.41) is 9.21. The minimum Gasteiger partial charge on any atom is -0.480 e. The van der Waals surface area contributed by atoms with Crippen molar-refractivity contribution in [3.8, 4) is 0 Å². The molecular formula is C13H15ClN2O3. The van der Waals surface area contributed by atoms with E-state index in [0.717, 1.165) is 11.0 Å². The van der Waals surface area contributed by atoms with Crippen molar-refractivity contribution in [2.24, 2.45) is 0 Å². The standard InChI is InChI=1S/C13H15ClN2O3/c1-8(2)16-11(6-19-7-12(17)18)15-10-5-3-4-9(14)13(10)16/h3-5,8H,6-7H2,1-2H3,(H,17,18). The molecule has 1 N–H and O–H groups in total. The molecular weight excluding hydrogens is 268 g/mol. The zero-order valence-corrected chi connectivity index (χ0v) is 11.5. The molecule has 6 heteroatoms. The zero-order valence-electron chi connectivity index (χ0n) is 10.8. The Hall–Kier alpha value is -1.59. The third-order valence-corrected chi connectivity index (χ3v) is 3.01. The quantitative estimate of drug-likeness (QED) is 0.916. The van der Waals surface area contributed by atoms with Crippen LogP contribution in [0.1, 0.15) is 25.7 Å². The summed E-state index contributed by atoms with van der Waals surface area (Å²) in [5.41, 5.74) is 1.64. The number of hydrogen-bond acceptors (Lipinski definition) is 3. The first-order chi connectivity index (χ1) is 9.00. The van der Waals surface area contributed by atoms with Gasteiger partial charge < -0.3 is 14.4 Å². The van der Waals surface area contributed by atoms with Gasteiger partial charge in [0.1, 0.15) is 19.0 Å². The highest BCUT2D eigenvalue weighted by Gasteiger charge is 2.15. The second kappa shape index (κ2) is 5.59. The summed E-state index contributed by atoms with van der Waals surface area (Å²) < 4.78 is 7.09. The van der Waals surface area contributed by atoms with E-state index in [2.05, 4.69) is 4.98 Å². The first-order valence-corrected chi connectivity index (χ1v) is 6.33. The predicted octanol–water partition coefficient (Wildman–Crippen LogP) is 2.87. The molecule has 0 aliphatic carbocycles. The van der Waals surface area contributed by atoms with Crippen molar-refractivity contribution in [2.45, 2.75) is 26.5 Å². The van der Waals surface area contributed by atoms with E-state index < -0.39 is 5.97 Å². The van der Waals surface area contributed by atoms with Gasteiger partial charge in [0.2, 0.25) is 0 Å². The number of halogens is 1. The number of imidazole rings is 1. The summed E-state index contributed by atoms with van der Waals surface area (Å²) in [5.74, 6) is -0.315. The van der Waals surface area contributed by atoms with E-state index in [1.807, 2.05) is 36.6 Å². The highest BCUT2D eigenvalue weighted by atomic mass is 35.5. The van der Waals surface area contributed by atoms with Crippen LogP contribution in [0.4, 0.5) is 0 Å². The number of rotatable bonds is 5. The summed E-state index contributed by atoms with van der Waals surface area (Å²) in [6.45, 7) is 3.85. The number of benzene rings is 1. The SMILES string of the molecule is CC(C)n1c(COCC(=O)O)nc2cccc(Cl)c21. The smallest absolute Gasteiger partial charge is 0.329 e. The van der Waals surface area contributed by atoms with Gasteiger partial charge in [-0.05, 0) is 26.0 Å². The molecule has 0 atom stereocenters. The summed E-state index contributed by atoms with van der Waals surface area (Å²) in [6, 6.07) is 5.69. The first kappa shape index (κ1) is 13.8. The molecule has 2 aromatic rings. The molecule has 2 rings (SSSR count). The highest BCUT2D eigenvalue weighted by Crippen LogP contribution is 2.27. The van der Waals surface area contributed by atoms with Gasteiger partial charge in [0.15, 0.2) is 0 Å². The minimum absolute atomic E-state index is 0.148. The van der Waals surface area contributed by atoms with E-state index in [0.29, 0.717) is 10.8 Å². The topological polar surface area (TPSA) is 64.3 Å². The fourth-order valence-corrected chi connectivity index (χ4v) is 2.30. The lowest BCUT2D eigenvalue weighted by molar-refractivity contribution is -0.142. The number of hydrogen-bond donors (Lipinski definition) is 1. The van der Waals surface area contributed by atoms with Gasteiger partial charge in [-0.1, -0.05) is 17.7 Å². The molecule has 0 bridgehead atoms.